The third-order valence-electron chi connectivity index (χ3n) is 5.00. The van der Waals surface area contributed by atoms with Gasteiger partial charge in [0, 0.05) is 30.3 Å². The monoisotopic (exact) mass is 337 g/mol. The molecule has 1 saturated heterocycles. The standard InChI is InChI=1S/C17H24BrNO/c1-17(6-8-20-9-7-17)12-19-16-10-14(11-16)13-2-4-15(18)5-3-13/h2-5,14,16,19H,6-12H2,1H3. The molecule has 0 radical (unpaired) electrons. The second-order valence-corrected chi connectivity index (χ2v) is 7.64. The van der Waals surface area contributed by atoms with E-state index in [-0.39, 0.29) is 0 Å². The first kappa shape index (κ1) is 14.6. The van der Waals surface area contributed by atoms with Crippen LogP contribution in [0.3, 0.4) is 0 Å². The minimum atomic E-state index is 0.445. The molecule has 20 heavy (non-hydrogen) atoms. The summed E-state index contributed by atoms with van der Waals surface area (Å²) in [6.07, 6.45) is 4.97. The summed E-state index contributed by atoms with van der Waals surface area (Å²) in [4.78, 5) is 0. The predicted octanol–water partition coefficient (Wildman–Crippen LogP) is 4.10. The molecule has 3 heteroatoms. The molecule has 2 nitrogen and oxygen atoms in total. The third kappa shape index (κ3) is 3.44. The SMILES string of the molecule is CC1(CNC2CC(c3ccc(Br)cc3)C2)CCOCC1. The van der Waals surface area contributed by atoms with Crippen molar-refractivity contribution in [3.8, 4) is 0 Å². The van der Waals surface area contributed by atoms with Gasteiger partial charge in [-0.1, -0.05) is 35.0 Å². The van der Waals surface area contributed by atoms with Crippen molar-refractivity contribution in [3.05, 3.63) is 34.3 Å². The Morgan fingerprint density at radius 2 is 1.85 bits per heavy atom. The maximum absolute atomic E-state index is 5.46. The van der Waals surface area contributed by atoms with Crippen molar-refractivity contribution in [3.63, 3.8) is 0 Å². The van der Waals surface area contributed by atoms with Crippen molar-refractivity contribution in [2.75, 3.05) is 19.8 Å². The van der Waals surface area contributed by atoms with Gasteiger partial charge in [-0.2, -0.15) is 0 Å². The lowest BCUT2D eigenvalue weighted by atomic mass is 9.75. The lowest BCUT2D eigenvalue weighted by Gasteiger charge is -2.40. The zero-order valence-corrected chi connectivity index (χ0v) is 13.8. The first-order chi connectivity index (χ1) is 9.65. The third-order valence-corrected chi connectivity index (χ3v) is 5.53. The molecule has 0 spiro atoms. The number of halogens is 1. The normalized spacial score (nSPS) is 28.9. The molecule has 2 aliphatic rings. The van der Waals surface area contributed by atoms with Crippen LogP contribution < -0.4 is 5.32 Å². The van der Waals surface area contributed by atoms with Crippen LogP contribution in [0, 0.1) is 5.41 Å². The van der Waals surface area contributed by atoms with E-state index in [0.29, 0.717) is 11.5 Å². The van der Waals surface area contributed by atoms with E-state index < -0.39 is 0 Å². The number of ether oxygens (including phenoxy) is 1. The van der Waals surface area contributed by atoms with E-state index in [4.69, 9.17) is 4.74 Å². The Labute approximate surface area is 130 Å². The molecule has 1 aliphatic heterocycles. The lowest BCUT2D eigenvalue weighted by Crippen LogP contribution is -2.46. The van der Waals surface area contributed by atoms with Crippen LogP contribution in [0.1, 0.15) is 44.1 Å². The number of hydrogen-bond acceptors (Lipinski definition) is 2. The number of benzene rings is 1. The number of nitrogens with one attached hydrogen (secondary N) is 1. The van der Waals surface area contributed by atoms with Crippen LogP contribution in [-0.4, -0.2) is 25.8 Å². The smallest absolute Gasteiger partial charge is 0.0471 e. The van der Waals surface area contributed by atoms with Crippen LogP contribution in [0.4, 0.5) is 0 Å². The van der Waals surface area contributed by atoms with Crippen molar-refractivity contribution >= 4 is 15.9 Å². The quantitative estimate of drug-likeness (QED) is 0.892. The Hall–Kier alpha value is -0.380. The molecule has 3 rings (SSSR count). The fraction of sp³-hybridized carbons (Fsp3) is 0.647. The highest BCUT2D eigenvalue weighted by Gasteiger charge is 2.33. The van der Waals surface area contributed by atoms with Gasteiger partial charge in [-0.05, 0) is 54.7 Å². The summed E-state index contributed by atoms with van der Waals surface area (Å²) in [5.74, 6) is 0.753. The molecular formula is C17H24BrNO. The van der Waals surface area contributed by atoms with E-state index in [9.17, 15) is 0 Å². The van der Waals surface area contributed by atoms with Crippen LogP contribution in [0.2, 0.25) is 0 Å². The Morgan fingerprint density at radius 3 is 2.50 bits per heavy atom. The summed E-state index contributed by atoms with van der Waals surface area (Å²) in [6, 6.07) is 9.52. The zero-order valence-electron chi connectivity index (χ0n) is 12.2. The van der Waals surface area contributed by atoms with Gasteiger partial charge < -0.3 is 10.1 Å². The highest BCUT2D eigenvalue weighted by atomic mass is 79.9. The molecule has 0 aromatic heterocycles. The Kier molecular flexibility index (Phi) is 4.49. The molecule has 0 amide bonds. The first-order valence-corrected chi connectivity index (χ1v) is 8.51. The van der Waals surface area contributed by atoms with E-state index >= 15 is 0 Å². The van der Waals surface area contributed by atoms with E-state index in [2.05, 4.69) is 52.4 Å². The minimum absolute atomic E-state index is 0.445. The molecule has 1 aromatic carbocycles. The highest BCUT2D eigenvalue weighted by Crippen LogP contribution is 2.38. The fourth-order valence-corrected chi connectivity index (χ4v) is 3.49. The minimum Gasteiger partial charge on any atom is -0.381 e. The molecule has 1 aliphatic carbocycles. The van der Waals surface area contributed by atoms with Crippen molar-refractivity contribution in [1.29, 1.82) is 0 Å². The van der Waals surface area contributed by atoms with E-state index in [0.717, 1.165) is 25.7 Å². The van der Waals surface area contributed by atoms with Gasteiger partial charge in [-0.15, -0.1) is 0 Å². The van der Waals surface area contributed by atoms with Crippen molar-refractivity contribution in [1.82, 2.24) is 5.32 Å². The largest absolute Gasteiger partial charge is 0.381 e. The predicted molar refractivity (Wildman–Crippen MR) is 86.1 cm³/mol. The molecule has 110 valence electrons. The van der Waals surface area contributed by atoms with Gasteiger partial charge in [0.15, 0.2) is 0 Å². The summed E-state index contributed by atoms with van der Waals surface area (Å²) in [7, 11) is 0. The van der Waals surface area contributed by atoms with E-state index in [1.807, 2.05) is 0 Å². The van der Waals surface area contributed by atoms with Crippen LogP contribution in [0.15, 0.2) is 28.7 Å². The Morgan fingerprint density at radius 1 is 1.20 bits per heavy atom. The molecule has 0 bridgehead atoms. The van der Waals surface area contributed by atoms with Gasteiger partial charge in [0.25, 0.3) is 0 Å². The molecule has 1 N–H and O–H groups in total. The van der Waals surface area contributed by atoms with Gasteiger partial charge >= 0.3 is 0 Å². The number of rotatable bonds is 4. The van der Waals surface area contributed by atoms with Crippen LogP contribution >= 0.6 is 15.9 Å². The first-order valence-electron chi connectivity index (χ1n) is 7.71. The second kappa shape index (κ2) is 6.17. The van der Waals surface area contributed by atoms with Crippen LogP contribution in [0.25, 0.3) is 0 Å². The van der Waals surface area contributed by atoms with Gasteiger partial charge in [-0.3, -0.25) is 0 Å². The molecule has 0 atom stereocenters. The van der Waals surface area contributed by atoms with Crippen LogP contribution in [-0.2, 0) is 4.74 Å². The summed E-state index contributed by atoms with van der Waals surface area (Å²) in [5.41, 5.74) is 1.93. The second-order valence-electron chi connectivity index (χ2n) is 6.72. The summed E-state index contributed by atoms with van der Waals surface area (Å²) in [5, 5.41) is 3.78. The van der Waals surface area contributed by atoms with E-state index in [1.54, 1.807) is 0 Å². The van der Waals surface area contributed by atoms with Gasteiger partial charge in [0.05, 0.1) is 0 Å². The average molecular weight is 338 g/mol. The lowest BCUT2D eigenvalue weighted by molar-refractivity contribution is 0.0211. The fourth-order valence-electron chi connectivity index (χ4n) is 3.22. The Bertz CT molecular complexity index is 433. The van der Waals surface area contributed by atoms with Crippen molar-refractivity contribution in [2.45, 2.75) is 44.6 Å². The van der Waals surface area contributed by atoms with Crippen molar-refractivity contribution < 1.29 is 4.74 Å². The van der Waals surface area contributed by atoms with Gasteiger partial charge in [0.1, 0.15) is 0 Å². The van der Waals surface area contributed by atoms with Crippen molar-refractivity contribution in [2.24, 2.45) is 5.41 Å². The van der Waals surface area contributed by atoms with E-state index in [1.165, 1.54) is 35.7 Å². The van der Waals surface area contributed by atoms with Gasteiger partial charge in [-0.25, -0.2) is 0 Å². The highest BCUT2D eigenvalue weighted by molar-refractivity contribution is 9.10. The van der Waals surface area contributed by atoms with Gasteiger partial charge in [0.2, 0.25) is 0 Å². The summed E-state index contributed by atoms with van der Waals surface area (Å²) >= 11 is 3.50. The zero-order chi connectivity index (χ0) is 14.0. The van der Waals surface area contributed by atoms with Crippen LogP contribution in [0.5, 0.6) is 0 Å². The average Bonchev–Trinajstić information content (AvgIpc) is 2.40. The Balaban J connectivity index is 1.43. The molecule has 1 saturated carbocycles. The maximum atomic E-state index is 5.46. The number of hydrogen-bond donors (Lipinski definition) is 1. The summed E-state index contributed by atoms with van der Waals surface area (Å²) < 4.78 is 6.63. The molecule has 0 unspecified atom stereocenters. The maximum Gasteiger partial charge on any atom is 0.0471 e. The molecule has 2 fully saturated rings. The molecular weight excluding hydrogens is 314 g/mol. The topological polar surface area (TPSA) is 21.3 Å². The molecule has 1 heterocycles. The molecule has 1 aromatic rings. The summed E-state index contributed by atoms with van der Waals surface area (Å²) in [6.45, 7) is 5.41.